The van der Waals surface area contributed by atoms with Crippen LogP contribution in [-0.4, -0.2) is 29.1 Å². The number of hydrogen-bond acceptors (Lipinski definition) is 2. The molecule has 0 aromatic heterocycles. The fourth-order valence-electron chi connectivity index (χ4n) is 3.29. The van der Waals surface area contributed by atoms with Gasteiger partial charge in [-0.2, -0.15) is 0 Å². The number of nitrogens with zero attached hydrogens (tertiary/aromatic N) is 1. The molecule has 0 radical (unpaired) electrons. The topological polar surface area (TPSA) is 32.3 Å². The lowest BCUT2D eigenvalue weighted by molar-refractivity contribution is -0.132. The van der Waals surface area contributed by atoms with Gasteiger partial charge >= 0.3 is 0 Å². The summed E-state index contributed by atoms with van der Waals surface area (Å²) in [5, 5.41) is 3.53. The van der Waals surface area contributed by atoms with Crippen LogP contribution in [0.5, 0.6) is 0 Å². The Labute approximate surface area is 105 Å². The van der Waals surface area contributed by atoms with Crippen LogP contribution in [0.2, 0.25) is 0 Å². The fraction of sp³-hybridized carbons (Fsp3) is 0.929. The largest absolute Gasteiger partial charge is 0.323 e. The maximum atomic E-state index is 12.5. The molecule has 2 atom stereocenters. The first-order valence-corrected chi connectivity index (χ1v) is 7.21. The van der Waals surface area contributed by atoms with Gasteiger partial charge in [0.2, 0.25) is 5.91 Å². The van der Waals surface area contributed by atoms with Crippen molar-refractivity contribution in [2.45, 2.75) is 77.5 Å². The Morgan fingerprint density at radius 2 is 2.00 bits per heavy atom. The maximum Gasteiger partial charge on any atom is 0.241 e. The minimum Gasteiger partial charge on any atom is -0.323 e. The highest BCUT2D eigenvalue weighted by Gasteiger charge is 2.42. The number of amides is 1. The van der Waals surface area contributed by atoms with Crippen molar-refractivity contribution in [2.24, 2.45) is 5.92 Å². The predicted molar refractivity (Wildman–Crippen MR) is 69.6 cm³/mol. The van der Waals surface area contributed by atoms with Crippen molar-refractivity contribution in [1.82, 2.24) is 10.2 Å². The predicted octanol–water partition coefficient (Wildman–Crippen LogP) is 2.51. The first kappa shape index (κ1) is 12.9. The third-order valence-corrected chi connectivity index (χ3v) is 4.09. The third kappa shape index (κ3) is 2.65. The molecule has 1 aliphatic heterocycles. The Balaban J connectivity index is 2.05. The van der Waals surface area contributed by atoms with Gasteiger partial charge in [-0.1, -0.05) is 33.6 Å². The van der Waals surface area contributed by atoms with Crippen molar-refractivity contribution in [1.29, 1.82) is 0 Å². The minimum absolute atomic E-state index is 0.0700. The van der Waals surface area contributed by atoms with Gasteiger partial charge in [-0.05, 0) is 31.6 Å². The molecule has 2 rings (SSSR count). The molecule has 0 aromatic carbocycles. The highest BCUT2D eigenvalue weighted by Crippen LogP contribution is 2.29. The highest BCUT2D eigenvalue weighted by atomic mass is 16.2. The van der Waals surface area contributed by atoms with Crippen molar-refractivity contribution in [3.05, 3.63) is 0 Å². The van der Waals surface area contributed by atoms with Crippen LogP contribution >= 0.6 is 0 Å². The van der Waals surface area contributed by atoms with Crippen LogP contribution in [0.4, 0.5) is 0 Å². The van der Waals surface area contributed by atoms with Crippen LogP contribution in [0.3, 0.4) is 0 Å². The van der Waals surface area contributed by atoms with E-state index in [0.717, 1.165) is 12.8 Å². The van der Waals surface area contributed by atoms with Gasteiger partial charge in [0.05, 0.1) is 12.2 Å². The second-order valence-electron chi connectivity index (χ2n) is 5.96. The standard InChI is InChI=1S/C14H26N2O/c1-4-13-15-12(9-10(2)3)14(17)16(13)11-7-5-6-8-11/h10-13,15H,4-9H2,1-3H3. The summed E-state index contributed by atoms with van der Waals surface area (Å²) in [4.78, 5) is 14.6. The van der Waals surface area contributed by atoms with Crippen LogP contribution in [0, 0.1) is 5.92 Å². The van der Waals surface area contributed by atoms with Crippen LogP contribution in [0.25, 0.3) is 0 Å². The van der Waals surface area contributed by atoms with Gasteiger partial charge in [0.15, 0.2) is 0 Å². The zero-order valence-electron chi connectivity index (χ0n) is 11.4. The van der Waals surface area contributed by atoms with E-state index < -0.39 is 0 Å². The van der Waals surface area contributed by atoms with Gasteiger partial charge in [0.25, 0.3) is 0 Å². The molecular formula is C14H26N2O. The number of carbonyl (C=O) groups excluding carboxylic acids is 1. The average molecular weight is 238 g/mol. The summed E-state index contributed by atoms with van der Waals surface area (Å²) in [6.07, 6.45) is 7.28. The van der Waals surface area contributed by atoms with Gasteiger partial charge in [-0.3, -0.25) is 10.1 Å². The molecule has 1 aliphatic carbocycles. The molecular weight excluding hydrogens is 212 g/mol. The van der Waals surface area contributed by atoms with Crippen molar-refractivity contribution in [2.75, 3.05) is 0 Å². The lowest BCUT2D eigenvalue weighted by Gasteiger charge is -2.29. The average Bonchev–Trinajstić information content (AvgIpc) is 2.87. The molecule has 98 valence electrons. The van der Waals surface area contributed by atoms with E-state index >= 15 is 0 Å². The van der Waals surface area contributed by atoms with Gasteiger partial charge in [-0.25, -0.2) is 0 Å². The summed E-state index contributed by atoms with van der Waals surface area (Å²) >= 11 is 0. The normalized spacial score (nSPS) is 30.8. The first-order chi connectivity index (χ1) is 8.13. The van der Waals surface area contributed by atoms with E-state index in [1.54, 1.807) is 0 Å². The van der Waals surface area contributed by atoms with Gasteiger partial charge in [0.1, 0.15) is 0 Å². The van der Waals surface area contributed by atoms with E-state index in [1.165, 1.54) is 25.7 Å². The Morgan fingerprint density at radius 3 is 2.53 bits per heavy atom. The lowest BCUT2D eigenvalue weighted by Crippen LogP contribution is -2.43. The molecule has 0 aromatic rings. The van der Waals surface area contributed by atoms with Crippen LogP contribution in [0.1, 0.15) is 59.3 Å². The van der Waals surface area contributed by atoms with E-state index in [1.807, 2.05) is 0 Å². The second-order valence-corrected chi connectivity index (χ2v) is 5.96. The maximum absolute atomic E-state index is 12.5. The monoisotopic (exact) mass is 238 g/mol. The van der Waals surface area contributed by atoms with E-state index in [9.17, 15) is 4.79 Å². The van der Waals surface area contributed by atoms with Crippen LogP contribution < -0.4 is 5.32 Å². The third-order valence-electron chi connectivity index (χ3n) is 4.09. The highest BCUT2D eigenvalue weighted by molar-refractivity contribution is 5.84. The summed E-state index contributed by atoms with van der Waals surface area (Å²) < 4.78 is 0. The Hall–Kier alpha value is -0.570. The van der Waals surface area contributed by atoms with Gasteiger partial charge in [0, 0.05) is 6.04 Å². The smallest absolute Gasteiger partial charge is 0.241 e. The summed E-state index contributed by atoms with van der Waals surface area (Å²) in [5.74, 6) is 0.940. The Kier molecular flexibility index (Phi) is 4.08. The number of rotatable bonds is 4. The van der Waals surface area contributed by atoms with Crippen LogP contribution in [0.15, 0.2) is 0 Å². The fourth-order valence-corrected chi connectivity index (χ4v) is 3.29. The Morgan fingerprint density at radius 1 is 1.35 bits per heavy atom. The molecule has 1 amide bonds. The summed E-state index contributed by atoms with van der Waals surface area (Å²) in [6, 6.07) is 0.581. The molecule has 2 aliphatic rings. The molecule has 2 fully saturated rings. The van der Waals surface area contributed by atoms with E-state index in [2.05, 4.69) is 31.0 Å². The SMILES string of the molecule is CCC1NC(CC(C)C)C(=O)N1C1CCCC1. The zero-order valence-corrected chi connectivity index (χ0v) is 11.4. The molecule has 1 saturated carbocycles. The van der Waals surface area contributed by atoms with E-state index in [0.29, 0.717) is 17.9 Å². The molecule has 2 unspecified atom stereocenters. The molecule has 3 nitrogen and oxygen atoms in total. The lowest BCUT2D eigenvalue weighted by atomic mass is 10.0. The first-order valence-electron chi connectivity index (χ1n) is 7.21. The van der Waals surface area contributed by atoms with Crippen molar-refractivity contribution in [3.63, 3.8) is 0 Å². The van der Waals surface area contributed by atoms with Crippen molar-refractivity contribution < 1.29 is 4.79 Å². The number of carbonyl (C=O) groups is 1. The molecule has 3 heteroatoms. The second kappa shape index (κ2) is 5.38. The molecule has 0 bridgehead atoms. The summed E-state index contributed by atoms with van der Waals surface area (Å²) in [7, 11) is 0. The zero-order chi connectivity index (χ0) is 12.4. The van der Waals surface area contributed by atoms with E-state index in [4.69, 9.17) is 0 Å². The molecule has 17 heavy (non-hydrogen) atoms. The van der Waals surface area contributed by atoms with E-state index in [-0.39, 0.29) is 12.2 Å². The molecule has 1 saturated heterocycles. The molecule has 1 heterocycles. The molecule has 0 spiro atoms. The van der Waals surface area contributed by atoms with Gasteiger partial charge < -0.3 is 4.90 Å². The summed E-state index contributed by atoms with van der Waals surface area (Å²) in [6.45, 7) is 6.55. The van der Waals surface area contributed by atoms with Crippen molar-refractivity contribution in [3.8, 4) is 0 Å². The number of hydrogen-bond donors (Lipinski definition) is 1. The van der Waals surface area contributed by atoms with Crippen molar-refractivity contribution >= 4 is 5.91 Å². The minimum atomic E-state index is 0.0700. The summed E-state index contributed by atoms with van der Waals surface area (Å²) in [5.41, 5.74) is 0. The number of nitrogens with one attached hydrogen (secondary N) is 1. The quantitative estimate of drug-likeness (QED) is 0.816. The van der Waals surface area contributed by atoms with Gasteiger partial charge in [-0.15, -0.1) is 0 Å². The van der Waals surface area contributed by atoms with Crippen LogP contribution in [-0.2, 0) is 4.79 Å². The Bertz CT molecular complexity index is 271. The molecule has 1 N–H and O–H groups in total.